The molecule has 5 nitrogen and oxygen atoms in total. The van der Waals surface area contributed by atoms with E-state index < -0.39 is 0 Å². The second-order valence-electron chi connectivity index (χ2n) is 5.77. The Balaban J connectivity index is 1.65. The van der Waals surface area contributed by atoms with E-state index in [4.69, 9.17) is 0 Å². The summed E-state index contributed by atoms with van der Waals surface area (Å²) in [5.74, 6) is 0.117. The third-order valence-corrected chi connectivity index (χ3v) is 3.98. The maximum absolute atomic E-state index is 10.1. The van der Waals surface area contributed by atoms with Crippen LogP contribution in [0.2, 0.25) is 0 Å². The molecule has 4 rings (SSSR count). The molecule has 4 aromatic rings. The number of phenols is 1. The highest BCUT2D eigenvalue weighted by molar-refractivity contribution is 5.95. The van der Waals surface area contributed by atoms with E-state index in [1.165, 1.54) is 0 Å². The summed E-state index contributed by atoms with van der Waals surface area (Å²) in [7, 11) is 0. The summed E-state index contributed by atoms with van der Waals surface area (Å²) in [6.07, 6.45) is 1.92. The van der Waals surface area contributed by atoms with Crippen LogP contribution in [0.1, 0.15) is 5.69 Å². The molecule has 0 aliphatic carbocycles. The standard InChI is InChI=1S/C20H16N4O/c1-14-12-13-24(23-14)17-9-7-16(8-10-17)21-22-20-18-5-3-2-4-15(18)6-11-19(20)25/h2-13,25H,1H3. The summed E-state index contributed by atoms with van der Waals surface area (Å²) in [5, 5.41) is 24.9. The molecule has 1 heterocycles. The first-order valence-electron chi connectivity index (χ1n) is 7.96. The van der Waals surface area contributed by atoms with Crippen LogP contribution in [-0.2, 0) is 0 Å². The molecular formula is C20H16N4O. The van der Waals surface area contributed by atoms with Crippen LogP contribution in [0, 0.1) is 6.92 Å². The van der Waals surface area contributed by atoms with Gasteiger partial charge in [-0.2, -0.15) is 10.2 Å². The average molecular weight is 328 g/mol. The maximum Gasteiger partial charge on any atom is 0.143 e. The number of aromatic nitrogens is 2. The van der Waals surface area contributed by atoms with E-state index in [0.717, 1.165) is 22.2 Å². The lowest BCUT2D eigenvalue weighted by atomic mass is 10.1. The first kappa shape index (κ1) is 15.1. The number of phenolic OH excluding ortho intramolecular Hbond substituents is 1. The van der Waals surface area contributed by atoms with Gasteiger partial charge in [-0.15, -0.1) is 5.11 Å². The van der Waals surface area contributed by atoms with Gasteiger partial charge in [-0.1, -0.05) is 30.3 Å². The van der Waals surface area contributed by atoms with Crippen molar-refractivity contribution in [2.24, 2.45) is 10.2 Å². The quantitative estimate of drug-likeness (QED) is 0.508. The predicted molar refractivity (Wildman–Crippen MR) is 98.1 cm³/mol. The van der Waals surface area contributed by atoms with Gasteiger partial charge in [-0.25, -0.2) is 4.68 Å². The van der Waals surface area contributed by atoms with Crippen LogP contribution in [0.5, 0.6) is 5.75 Å². The molecule has 122 valence electrons. The van der Waals surface area contributed by atoms with Gasteiger partial charge in [0, 0.05) is 11.6 Å². The first-order chi connectivity index (χ1) is 12.2. The van der Waals surface area contributed by atoms with Crippen LogP contribution >= 0.6 is 0 Å². The van der Waals surface area contributed by atoms with E-state index in [9.17, 15) is 5.11 Å². The number of hydrogen-bond donors (Lipinski definition) is 1. The Morgan fingerprint density at radius 2 is 1.68 bits per heavy atom. The maximum atomic E-state index is 10.1. The molecule has 0 radical (unpaired) electrons. The van der Waals surface area contributed by atoms with Gasteiger partial charge in [0.25, 0.3) is 0 Å². The zero-order chi connectivity index (χ0) is 17.2. The zero-order valence-corrected chi connectivity index (χ0v) is 13.7. The largest absolute Gasteiger partial charge is 0.506 e. The summed E-state index contributed by atoms with van der Waals surface area (Å²) < 4.78 is 1.81. The fraction of sp³-hybridized carbons (Fsp3) is 0.0500. The minimum atomic E-state index is 0.117. The highest BCUT2D eigenvalue weighted by Gasteiger charge is 2.06. The lowest BCUT2D eigenvalue weighted by Crippen LogP contribution is -1.93. The smallest absolute Gasteiger partial charge is 0.143 e. The van der Waals surface area contributed by atoms with Crippen molar-refractivity contribution < 1.29 is 5.11 Å². The second kappa shape index (κ2) is 6.20. The van der Waals surface area contributed by atoms with Gasteiger partial charge in [-0.3, -0.25) is 0 Å². The third-order valence-electron chi connectivity index (χ3n) is 3.98. The van der Waals surface area contributed by atoms with E-state index in [1.807, 2.05) is 78.5 Å². The van der Waals surface area contributed by atoms with Crippen LogP contribution in [0.3, 0.4) is 0 Å². The van der Waals surface area contributed by atoms with Gasteiger partial charge in [0.15, 0.2) is 0 Å². The number of aromatic hydroxyl groups is 1. The SMILES string of the molecule is Cc1ccn(-c2ccc(N=Nc3c(O)ccc4ccccc34)cc2)n1. The van der Waals surface area contributed by atoms with Gasteiger partial charge in [0.05, 0.1) is 17.1 Å². The van der Waals surface area contributed by atoms with Crippen molar-refractivity contribution in [3.05, 3.63) is 78.6 Å². The van der Waals surface area contributed by atoms with Gasteiger partial charge in [0.2, 0.25) is 0 Å². The van der Waals surface area contributed by atoms with Gasteiger partial charge in [-0.05, 0) is 48.7 Å². The predicted octanol–water partition coefficient (Wildman–Crippen LogP) is 5.45. The molecule has 0 aliphatic rings. The van der Waals surface area contributed by atoms with Gasteiger partial charge >= 0.3 is 0 Å². The Hall–Kier alpha value is -3.47. The number of hydrogen-bond acceptors (Lipinski definition) is 4. The molecule has 0 spiro atoms. The minimum Gasteiger partial charge on any atom is -0.506 e. The molecular weight excluding hydrogens is 312 g/mol. The summed E-state index contributed by atoms with van der Waals surface area (Å²) >= 11 is 0. The summed E-state index contributed by atoms with van der Waals surface area (Å²) in [6.45, 7) is 1.95. The lowest BCUT2D eigenvalue weighted by Gasteiger charge is -2.04. The van der Waals surface area contributed by atoms with Crippen molar-refractivity contribution >= 4 is 22.1 Å². The highest BCUT2D eigenvalue weighted by Crippen LogP contribution is 2.35. The van der Waals surface area contributed by atoms with Crippen LogP contribution < -0.4 is 0 Å². The van der Waals surface area contributed by atoms with Crippen LogP contribution in [-0.4, -0.2) is 14.9 Å². The zero-order valence-electron chi connectivity index (χ0n) is 13.7. The molecule has 3 aromatic carbocycles. The Labute approximate surface area is 144 Å². The molecule has 0 amide bonds. The molecule has 5 heteroatoms. The van der Waals surface area contributed by atoms with E-state index in [0.29, 0.717) is 11.4 Å². The van der Waals surface area contributed by atoms with E-state index in [1.54, 1.807) is 6.07 Å². The van der Waals surface area contributed by atoms with E-state index in [2.05, 4.69) is 15.3 Å². The summed E-state index contributed by atoms with van der Waals surface area (Å²) in [6, 6.07) is 20.9. The van der Waals surface area contributed by atoms with Gasteiger partial charge in [0.1, 0.15) is 11.4 Å². The minimum absolute atomic E-state index is 0.117. The Bertz CT molecular complexity index is 1060. The topological polar surface area (TPSA) is 62.8 Å². The molecule has 0 saturated heterocycles. The van der Waals surface area contributed by atoms with Crippen molar-refractivity contribution in [2.45, 2.75) is 6.92 Å². The molecule has 0 atom stereocenters. The number of rotatable bonds is 3. The number of nitrogens with zero attached hydrogens (tertiary/aromatic N) is 4. The molecule has 0 fully saturated rings. The molecule has 1 N–H and O–H groups in total. The fourth-order valence-corrected chi connectivity index (χ4v) is 2.69. The van der Waals surface area contributed by atoms with Crippen molar-refractivity contribution in [3.63, 3.8) is 0 Å². The molecule has 0 saturated carbocycles. The van der Waals surface area contributed by atoms with E-state index >= 15 is 0 Å². The normalized spacial score (nSPS) is 11.4. The van der Waals surface area contributed by atoms with Crippen LogP contribution in [0.15, 0.2) is 83.2 Å². The van der Waals surface area contributed by atoms with Crippen LogP contribution in [0.4, 0.5) is 11.4 Å². The first-order valence-corrected chi connectivity index (χ1v) is 7.96. The van der Waals surface area contributed by atoms with Crippen LogP contribution in [0.25, 0.3) is 16.5 Å². The summed E-state index contributed by atoms with van der Waals surface area (Å²) in [5.41, 5.74) is 3.11. The molecule has 0 unspecified atom stereocenters. The van der Waals surface area contributed by atoms with Gasteiger partial charge < -0.3 is 5.11 Å². The molecule has 25 heavy (non-hydrogen) atoms. The number of benzene rings is 3. The average Bonchev–Trinajstić information content (AvgIpc) is 3.08. The molecule has 0 bridgehead atoms. The van der Waals surface area contributed by atoms with Crippen molar-refractivity contribution in [1.82, 2.24) is 9.78 Å². The summed E-state index contributed by atoms with van der Waals surface area (Å²) in [4.78, 5) is 0. The van der Waals surface area contributed by atoms with Crippen molar-refractivity contribution in [3.8, 4) is 11.4 Å². The Kier molecular flexibility index (Phi) is 3.74. The number of fused-ring (bicyclic) bond motifs is 1. The second-order valence-corrected chi connectivity index (χ2v) is 5.77. The Morgan fingerprint density at radius 1 is 0.880 bits per heavy atom. The Morgan fingerprint density at radius 3 is 2.44 bits per heavy atom. The van der Waals surface area contributed by atoms with E-state index in [-0.39, 0.29) is 5.75 Å². The highest BCUT2D eigenvalue weighted by atomic mass is 16.3. The van der Waals surface area contributed by atoms with Crippen molar-refractivity contribution in [2.75, 3.05) is 0 Å². The molecule has 1 aromatic heterocycles. The number of aryl methyl sites for hydroxylation is 1. The fourth-order valence-electron chi connectivity index (χ4n) is 2.69. The lowest BCUT2D eigenvalue weighted by molar-refractivity contribution is 0.477. The molecule has 0 aliphatic heterocycles. The van der Waals surface area contributed by atoms with Crippen molar-refractivity contribution in [1.29, 1.82) is 0 Å². The monoisotopic (exact) mass is 328 g/mol. The third kappa shape index (κ3) is 2.99. The number of azo groups is 1.